The summed E-state index contributed by atoms with van der Waals surface area (Å²) in [5, 5.41) is 8.85. The summed E-state index contributed by atoms with van der Waals surface area (Å²) in [6.45, 7) is 4.69. The number of hydrogen-bond acceptors (Lipinski definition) is 1. The summed E-state index contributed by atoms with van der Waals surface area (Å²) in [6.07, 6.45) is 0. The van der Waals surface area contributed by atoms with Crippen molar-refractivity contribution in [2.75, 3.05) is 5.32 Å². The van der Waals surface area contributed by atoms with Gasteiger partial charge in [-0.15, -0.1) is 0 Å². The lowest BCUT2D eigenvalue weighted by Gasteiger charge is -2.23. The molecule has 36 heavy (non-hydrogen) atoms. The fourth-order valence-corrected chi connectivity index (χ4v) is 5.99. The zero-order chi connectivity index (χ0) is 24.3. The molecule has 0 spiro atoms. The number of hydrogen-bond donors (Lipinski definition) is 1. The van der Waals surface area contributed by atoms with Gasteiger partial charge < -0.3 is 5.32 Å². The highest BCUT2D eigenvalue weighted by Gasteiger charge is 2.37. The summed E-state index contributed by atoms with van der Waals surface area (Å²) in [5.74, 6) is 0. The Labute approximate surface area is 212 Å². The van der Waals surface area contributed by atoms with Gasteiger partial charge in [-0.05, 0) is 79.2 Å². The summed E-state index contributed by atoms with van der Waals surface area (Å²) < 4.78 is 0. The second-order valence-corrected chi connectivity index (χ2v) is 10.3. The third-order valence-electron chi connectivity index (χ3n) is 7.80. The summed E-state index contributed by atoms with van der Waals surface area (Å²) in [5.41, 5.74) is 10.2. The van der Waals surface area contributed by atoms with Gasteiger partial charge in [-0.2, -0.15) is 0 Å². The molecule has 6 aromatic rings. The Hall–Kier alpha value is -4.36. The highest BCUT2D eigenvalue weighted by atomic mass is 14.9. The van der Waals surface area contributed by atoms with Crippen molar-refractivity contribution in [2.45, 2.75) is 19.3 Å². The molecular formula is C35H27N. The van der Waals surface area contributed by atoms with Crippen molar-refractivity contribution in [1.29, 1.82) is 0 Å². The van der Waals surface area contributed by atoms with Crippen molar-refractivity contribution in [2.24, 2.45) is 0 Å². The lowest BCUT2D eigenvalue weighted by atomic mass is 9.81. The molecule has 0 atom stereocenters. The third kappa shape index (κ3) is 3.17. The molecule has 1 N–H and O–H groups in total. The zero-order valence-corrected chi connectivity index (χ0v) is 20.5. The Morgan fingerprint density at radius 3 is 2.11 bits per heavy atom. The smallest absolute Gasteiger partial charge is 0.0393 e. The van der Waals surface area contributed by atoms with Crippen LogP contribution in [0.1, 0.15) is 25.0 Å². The predicted octanol–water partition coefficient (Wildman–Crippen LogP) is 9.71. The highest BCUT2D eigenvalue weighted by molar-refractivity contribution is 6.08. The number of nitrogens with one attached hydrogen (secondary N) is 1. The van der Waals surface area contributed by atoms with E-state index in [-0.39, 0.29) is 5.41 Å². The number of rotatable bonds is 3. The predicted molar refractivity (Wildman–Crippen MR) is 154 cm³/mol. The molecule has 1 nitrogen and oxygen atoms in total. The zero-order valence-electron chi connectivity index (χ0n) is 20.5. The largest absolute Gasteiger partial charge is 0.355 e. The van der Waals surface area contributed by atoms with E-state index in [1.807, 2.05) is 0 Å². The standard InChI is InChI=1S/C35H27N/c1-35(2)32-15-9-8-14-30(32)34-31(23-10-4-3-5-11-23)21-27(22-33(34)35)36-26-18-19-29-25(20-26)17-16-24-12-6-7-13-28(24)29/h3-22,36H,1-2H3. The molecular weight excluding hydrogens is 434 g/mol. The van der Waals surface area contributed by atoms with E-state index in [9.17, 15) is 0 Å². The van der Waals surface area contributed by atoms with Crippen LogP contribution in [0.4, 0.5) is 11.4 Å². The lowest BCUT2D eigenvalue weighted by molar-refractivity contribution is 0.661. The Kier molecular flexibility index (Phi) is 4.56. The van der Waals surface area contributed by atoms with Crippen molar-refractivity contribution in [3.63, 3.8) is 0 Å². The Morgan fingerprint density at radius 2 is 1.22 bits per heavy atom. The van der Waals surface area contributed by atoms with E-state index in [1.54, 1.807) is 0 Å². The van der Waals surface area contributed by atoms with Crippen LogP contribution in [0.15, 0.2) is 121 Å². The van der Waals surface area contributed by atoms with Gasteiger partial charge in [-0.3, -0.25) is 0 Å². The van der Waals surface area contributed by atoms with Crippen LogP contribution >= 0.6 is 0 Å². The summed E-state index contributed by atoms with van der Waals surface area (Å²) in [6, 6.07) is 44.0. The molecule has 0 radical (unpaired) electrons. The topological polar surface area (TPSA) is 12.0 Å². The van der Waals surface area contributed by atoms with Gasteiger partial charge in [-0.25, -0.2) is 0 Å². The molecule has 0 amide bonds. The van der Waals surface area contributed by atoms with Crippen molar-refractivity contribution in [3.05, 3.63) is 132 Å². The normalized spacial score (nSPS) is 13.5. The lowest BCUT2D eigenvalue weighted by Crippen LogP contribution is -2.15. The van der Waals surface area contributed by atoms with Gasteiger partial charge in [0.2, 0.25) is 0 Å². The van der Waals surface area contributed by atoms with Gasteiger partial charge in [0, 0.05) is 16.8 Å². The van der Waals surface area contributed by atoms with E-state index < -0.39 is 0 Å². The molecule has 0 saturated carbocycles. The van der Waals surface area contributed by atoms with Crippen LogP contribution in [0.3, 0.4) is 0 Å². The Balaban J connectivity index is 1.39. The van der Waals surface area contributed by atoms with Crippen molar-refractivity contribution >= 4 is 32.9 Å². The van der Waals surface area contributed by atoms with Crippen LogP contribution in [0.2, 0.25) is 0 Å². The molecule has 0 fully saturated rings. The van der Waals surface area contributed by atoms with Crippen molar-refractivity contribution in [1.82, 2.24) is 0 Å². The summed E-state index contributed by atoms with van der Waals surface area (Å²) in [7, 11) is 0. The molecule has 7 rings (SSSR count). The first kappa shape index (κ1) is 21.0. The molecule has 1 aliphatic carbocycles. The number of fused-ring (bicyclic) bond motifs is 6. The molecule has 0 heterocycles. The van der Waals surface area contributed by atoms with Crippen LogP contribution in [0, 0.1) is 0 Å². The van der Waals surface area contributed by atoms with Crippen LogP contribution in [0.25, 0.3) is 43.8 Å². The minimum Gasteiger partial charge on any atom is -0.355 e. The average molecular weight is 462 g/mol. The Morgan fingerprint density at radius 1 is 0.500 bits per heavy atom. The SMILES string of the molecule is CC1(C)c2ccccc2-c2c(-c3ccccc3)cc(Nc3ccc4c(ccc5ccccc54)c3)cc21. The van der Waals surface area contributed by atoms with E-state index in [2.05, 4.69) is 140 Å². The van der Waals surface area contributed by atoms with Crippen LogP contribution in [-0.2, 0) is 5.41 Å². The van der Waals surface area contributed by atoms with Crippen LogP contribution in [0.5, 0.6) is 0 Å². The van der Waals surface area contributed by atoms with Gasteiger partial charge in [0.25, 0.3) is 0 Å². The quantitative estimate of drug-likeness (QED) is 0.259. The van der Waals surface area contributed by atoms with E-state index in [4.69, 9.17) is 0 Å². The molecule has 1 aliphatic rings. The maximum Gasteiger partial charge on any atom is 0.0393 e. The van der Waals surface area contributed by atoms with Gasteiger partial charge in [0.05, 0.1) is 0 Å². The first-order valence-corrected chi connectivity index (χ1v) is 12.6. The number of benzene rings is 6. The second kappa shape index (κ2) is 7.83. The molecule has 1 heteroatoms. The molecule has 6 aromatic carbocycles. The summed E-state index contributed by atoms with van der Waals surface area (Å²) in [4.78, 5) is 0. The Bertz CT molecular complexity index is 1780. The van der Waals surface area contributed by atoms with Crippen LogP contribution in [-0.4, -0.2) is 0 Å². The molecule has 172 valence electrons. The van der Waals surface area contributed by atoms with E-state index in [0.717, 1.165) is 11.4 Å². The summed E-state index contributed by atoms with van der Waals surface area (Å²) >= 11 is 0. The van der Waals surface area contributed by atoms with E-state index in [1.165, 1.54) is 54.9 Å². The molecule has 0 aliphatic heterocycles. The monoisotopic (exact) mass is 461 g/mol. The first-order valence-electron chi connectivity index (χ1n) is 12.6. The van der Waals surface area contributed by atoms with Crippen LogP contribution < -0.4 is 5.32 Å². The molecule has 0 bridgehead atoms. The number of anilines is 2. The second-order valence-electron chi connectivity index (χ2n) is 10.3. The maximum absolute atomic E-state index is 3.75. The fourth-order valence-electron chi connectivity index (χ4n) is 5.99. The van der Waals surface area contributed by atoms with Gasteiger partial charge in [0.15, 0.2) is 0 Å². The van der Waals surface area contributed by atoms with E-state index in [0.29, 0.717) is 0 Å². The fraction of sp³-hybridized carbons (Fsp3) is 0.0857. The highest BCUT2D eigenvalue weighted by Crippen LogP contribution is 2.53. The van der Waals surface area contributed by atoms with E-state index >= 15 is 0 Å². The average Bonchev–Trinajstić information content (AvgIpc) is 3.15. The molecule has 0 aromatic heterocycles. The van der Waals surface area contributed by atoms with Gasteiger partial charge in [0.1, 0.15) is 0 Å². The van der Waals surface area contributed by atoms with Gasteiger partial charge >= 0.3 is 0 Å². The third-order valence-corrected chi connectivity index (χ3v) is 7.80. The molecule has 0 unspecified atom stereocenters. The minimum absolute atomic E-state index is 0.0601. The maximum atomic E-state index is 3.75. The first-order chi connectivity index (χ1) is 17.6. The van der Waals surface area contributed by atoms with Crippen molar-refractivity contribution < 1.29 is 0 Å². The minimum atomic E-state index is -0.0601. The molecule has 0 saturated heterocycles. The van der Waals surface area contributed by atoms with Gasteiger partial charge in [-0.1, -0.05) is 111 Å². The van der Waals surface area contributed by atoms with Crippen molar-refractivity contribution in [3.8, 4) is 22.3 Å².